The molecule has 1 aliphatic rings. The van der Waals surface area contributed by atoms with E-state index in [1.165, 1.54) is 11.6 Å². The fourth-order valence-corrected chi connectivity index (χ4v) is 3.13. The lowest BCUT2D eigenvalue weighted by Crippen LogP contribution is -2.52. The van der Waals surface area contributed by atoms with Gasteiger partial charge in [0.1, 0.15) is 11.3 Å². The van der Waals surface area contributed by atoms with Crippen LogP contribution in [-0.2, 0) is 4.79 Å². The molecule has 2 aromatic heterocycles. The molecule has 132 valence electrons. The third kappa shape index (κ3) is 3.18. The summed E-state index contributed by atoms with van der Waals surface area (Å²) in [5.74, 6) is 0.799. The minimum atomic E-state index is -0.610. The number of carbonyl (C=O) groups excluding carboxylic acids is 1. The second kappa shape index (κ2) is 6.63. The lowest BCUT2D eigenvalue weighted by atomic mass is 9.92. The molecule has 3 heterocycles. The summed E-state index contributed by atoms with van der Waals surface area (Å²) in [4.78, 5) is 29.7. The molecule has 6 nitrogen and oxygen atoms in total. The minimum absolute atomic E-state index is 0.0510. The highest BCUT2D eigenvalue weighted by Gasteiger charge is 2.34. The Morgan fingerprint density at radius 1 is 1.19 bits per heavy atom. The van der Waals surface area contributed by atoms with Gasteiger partial charge in [-0.15, -0.1) is 0 Å². The molecular weight excluding hydrogens is 332 g/mol. The van der Waals surface area contributed by atoms with E-state index in [-0.39, 0.29) is 5.91 Å². The molecule has 0 saturated carbocycles. The minimum Gasteiger partial charge on any atom is -0.481 e. The number of pyridine rings is 1. The maximum absolute atomic E-state index is 12.5. The van der Waals surface area contributed by atoms with E-state index >= 15 is 0 Å². The molecule has 4 rings (SSSR count). The first-order chi connectivity index (χ1) is 12.6. The van der Waals surface area contributed by atoms with Gasteiger partial charge < -0.3 is 14.1 Å². The smallest absolute Gasteiger partial charge is 0.336 e. The molecule has 0 spiro atoms. The maximum atomic E-state index is 12.5. The van der Waals surface area contributed by atoms with Crippen LogP contribution < -0.4 is 10.4 Å². The van der Waals surface area contributed by atoms with Crippen molar-refractivity contribution in [3.05, 3.63) is 70.8 Å². The number of hydrogen-bond donors (Lipinski definition) is 0. The molecule has 0 N–H and O–H groups in total. The third-order valence-corrected chi connectivity index (χ3v) is 4.63. The van der Waals surface area contributed by atoms with E-state index in [0.29, 0.717) is 30.3 Å². The Kier molecular flexibility index (Phi) is 4.16. The van der Waals surface area contributed by atoms with Gasteiger partial charge in [-0.2, -0.15) is 0 Å². The number of hydrogen-bond acceptors (Lipinski definition) is 5. The Morgan fingerprint density at radius 3 is 2.69 bits per heavy atom. The first-order valence-corrected chi connectivity index (χ1v) is 8.49. The Labute approximate surface area is 150 Å². The fourth-order valence-electron chi connectivity index (χ4n) is 3.13. The summed E-state index contributed by atoms with van der Waals surface area (Å²) in [7, 11) is 0. The number of amides is 1. The van der Waals surface area contributed by atoms with Gasteiger partial charge in [0.2, 0.25) is 0 Å². The number of carbonyl (C=O) groups is 1. The predicted octanol–water partition coefficient (Wildman–Crippen LogP) is 2.58. The van der Waals surface area contributed by atoms with Crippen LogP contribution in [0.2, 0.25) is 0 Å². The molecule has 1 aliphatic heterocycles. The molecule has 3 aromatic rings. The molecule has 1 saturated heterocycles. The van der Waals surface area contributed by atoms with Gasteiger partial charge in [-0.3, -0.25) is 9.78 Å². The van der Waals surface area contributed by atoms with Gasteiger partial charge in [0.05, 0.1) is 0 Å². The van der Waals surface area contributed by atoms with Crippen molar-refractivity contribution in [2.24, 2.45) is 0 Å². The molecule has 1 fully saturated rings. The van der Waals surface area contributed by atoms with Gasteiger partial charge in [0, 0.05) is 48.9 Å². The Morgan fingerprint density at radius 2 is 1.92 bits per heavy atom. The van der Waals surface area contributed by atoms with Gasteiger partial charge in [0.25, 0.3) is 5.91 Å². The summed E-state index contributed by atoms with van der Waals surface area (Å²) in [6.45, 7) is 3.10. The largest absolute Gasteiger partial charge is 0.481 e. The second-order valence-electron chi connectivity index (χ2n) is 6.43. The van der Waals surface area contributed by atoms with E-state index in [4.69, 9.17) is 9.15 Å². The Hall–Kier alpha value is -3.15. The van der Waals surface area contributed by atoms with Gasteiger partial charge in [-0.1, -0.05) is 0 Å². The van der Waals surface area contributed by atoms with E-state index in [0.717, 1.165) is 5.39 Å². The molecule has 0 aliphatic carbocycles. The predicted molar refractivity (Wildman–Crippen MR) is 96.1 cm³/mol. The highest BCUT2D eigenvalue weighted by molar-refractivity contribution is 5.82. The maximum Gasteiger partial charge on any atom is 0.336 e. The van der Waals surface area contributed by atoms with Crippen molar-refractivity contribution in [3.63, 3.8) is 0 Å². The monoisotopic (exact) mass is 350 g/mol. The summed E-state index contributed by atoms with van der Waals surface area (Å²) in [6.07, 6.45) is 2.93. The molecule has 6 heteroatoms. The number of ether oxygens (including phenoxy) is 1. The highest BCUT2D eigenvalue weighted by atomic mass is 16.5. The number of benzene rings is 1. The molecule has 26 heavy (non-hydrogen) atoms. The number of rotatable bonds is 4. The average molecular weight is 350 g/mol. The first kappa shape index (κ1) is 16.3. The van der Waals surface area contributed by atoms with Crippen molar-refractivity contribution in [1.29, 1.82) is 0 Å². The molecule has 0 radical (unpaired) electrons. The van der Waals surface area contributed by atoms with Crippen molar-refractivity contribution in [1.82, 2.24) is 9.88 Å². The summed E-state index contributed by atoms with van der Waals surface area (Å²) in [6, 6.07) is 12.2. The second-order valence-corrected chi connectivity index (χ2v) is 6.43. The summed E-state index contributed by atoms with van der Waals surface area (Å²) >= 11 is 0. The van der Waals surface area contributed by atoms with Gasteiger partial charge in [-0.05, 0) is 42.8 Å². The van der Waals surface area contributed by atoms with Crippen LogP contribution in [0.3, 0.4) is 0 Å². The van der Waals surface area contributed by atoms with Crippen molar-refractivity contribution in [2.45, 2.75) is 18.9 Å². The van der Waals surface area contributed by atoms with Crippen LogP contribution in [0.25, 0.3) is 11.0 Å². The zero-order valence-electron chi connectivity index (χ0n) is 14.3. The van der Waals surface area contributed by atoms with Crippen molar-refractivity contribution < 1.29 is 13.9 Å². The quantitative estimate of drug-likeness (QED) is 0.676. The molecule has 1 aromatic carbocycles. The summed E-state index contributed by atoms with van der Waals surface area (Å²) in [5.41, 5.74) is 1.22. The van der Waals surface area contributed by atoms with Gasteiger partial charge in [-0.25, -0.2) is 4.79 Å². The van der Waals surface area contributed by atoms with E-state index in [2.05, 4.69) is 4.98 Å². The number of aromatic nitrogens is 1. The van der Waals surface area contributed by atoms with Crippen LogP contribution in [-0.4, -0.2) is 35.0 Å². The summed E-state index contributed by atoms with van der Waals surface area (Å²) in [5, 5.41) is 0.805. The van der Waals surface area contributed by atoms with Crippen LogP contribution in [0.4, 0.5) is 0 Å². The van der Waals surface area contributed by atoms with Crippen LogP contribution in [0, 0.1) is 0 Å². The zero-order valence-corrected chi connectivity index (χ0v) is 14.3. The SMILES string of the molecule is CC(Oc1ccc2ccc(=O)oc2c1)C(=O)N1CC(c2ccncc2)C1. The Balaban J connectivity index is 1.40. The van der Waals surface area contributed by atoms with E-state index in [9.17, 15) is 9.59 Å². The van der Waals surface area contributed by atoms with E-state index < -0.39 is 11.7 Å². The lowest BCUT2D eigenvalue weighted by Gasteiger charge is -2.40. The van der Waals surface area contributed by atoms with Crippen molar-refractivity contribution >= 4 is 16.9 Å². The Bertz CT molecular complexity index is 993. The van der Waals surface area contributed by atoms with Crippen molar-refractivity contribution in [2.75, 3.05) is 13.1 Å². The fraction of sp³-hybridized carbons (Fsp3) is 0.250. The third-order valence-electron chi connectivity index (χ3n) is 4.63. The van der Waals surface area contributed by atoms with E-state index in [1.807, 2.05) is 12.1 Å². The zero-order chi connectivity index (χ0) is 18.1. The molecule has 1 unspecified atom stereocenters. The molecular formula is C20H18N2O4. The van der Waals surface area contributed by atoms with Crippen molar-refractivity contribution in [3.8, 4) is 5.75 Å². The number of nitrogens with zero attached hydrogens (tertiary/aromatic N) is 2. The molecule has 1 atom stereocenters. The summed E-state index contributed by atoms with van der Waals surface area (Å²) < 4.78 is 10.9. The first-order valence-electron chi connectivity index (χ1n) is 8.49. The highest BCUT2D eigenvalue weighted by Crippen LogP contribution is 2.28. The van der Waals surface area contributed by atoms with Crippen LogP contribution in [0.15, 0.2) is 64.1 Å². The topological polar surface area (TPSA) is 72.6 Å². The van der Waals surface area contributed by atoms with Gasteiger partial charge >= 0.3 is 5.63 Å². The molecule has 0 bridgehead atoms. The molecule has 1 amide bonds. The standard InChI is InChI=1S/C20H18N2O4/c1-13(20(24)22-11-16(12-22)14-6-8-21-9-7-14)25-17-4-2-15-3-5-19(23)26-18(15)10-17/h2-10,13,16H,11-12H2,1H3. The number of fused-ring (bicyclic) bond motifs is 1. The average Bonchev–Trinajstić information content (AvgIpc) is 2.61. The number of likely N-dealkylation sites (tertiary alicyclic amines) is 1. The van der Waals surface area contributed by atoms with Crippen LogP contribution in [0.5, 0.6) is 5.75 Å². The van der Waals surface area contributed by atoms with Crippen LogP contribution in [0.1, 0.15) is 18.4 Å². The van der Waals surface area contributed by atoms with Gasteiger partial charge in [0.15, 0.2) is 6.10 Å². The van der Waals surface area contributed by atoms with E-state index in [1.54, 1.807) is 48.5 Å². The van der Waals surface area contributed by atoms with Crippen LogP contribution >= 0.6 is 0 Å². The normalized spacial score (nSPS) is 15.5. The lowest BCUT2D eigenvalue weighted by molar-refractivity contribution is -0.142.